The Kier molecular flexibility index (Phi) is 8.57. The molecule has 8 heteroatoms. The molecule has 0 aromatic carbocycles. The minimum atomic E-state index is -3.64. The molecule has 2 atom stereocenters. The van der Waals surface area contributed by atoms with Gasteiger partial charge in [-0.25, -0.2) is 0 Å². The van der Waals surface area contributed by atoms with Gasteiger partial charge in [0.15, 0.2) is 0 Å². The van der Waals surface area contributed by atoms with Crippen molar-refractivity contribution in [2.24, 2.45) is 5.73 Å². The molecular formula is C5H11NNaO5P. The summed E-state index contributed by atoms with van der Waals surface area (Å²) in [4.78, 5) is 18.9. The smallest absolute Gasteiger partial charge is 0.548 e. The van der Waals surface area contributed by atoms with Gasteiger partial charge in [0, 0.05) is 13.2 Å². The van der Waals surface area contributed by atoms with Crippen LogP contribution in [-0.2, 0) is 13.9 Å². The summed E-state index contributed by atoms with van der Waals surface area (Å²) >= 11 is 0. The van der Waals surface area contributed by atoms with Gasteiger partial charge in [-0.05, 0) is 6.42 Å². The van der Waals surface area contributed by atoms with Gasteiger partial charge in [-0.15, -0.1) is 0 Å². The fraction of sp³-hybridized carbons (Fsp3) is 0.800. The number of carboxylic acid groups (broad SMARTS) is 1. The molecule has 3 N–H and O–H groups in total. The normalized spacial score (nSPS) is 16.8. The summed E-state index contributed by atoms with van der Waals surface area (Å²) < 4.78 is 15.0. The van der Waals surface area contributed by atoms with Gasteiger partial charge in [0.2, 0.25) is 0 Å². The van der Waals surface area contributed by atoms with Gasteiger partial charge in [-0.3, -0.25) is 4.57 Å². The van der Waals surface area contributed by atoms with Crippen LogP contribution < -0.4 is 40.4 Å². The van der Waals surface area contributed by atoms with Gasteiger partial charge in [0.25, 0.3) is 0 Å². The van der Waals surface area contributed by atoms with Gasteiger partial charge in [0.05, 0.1) is 12.1 Å². The molecule has 0 amide bonds. The molecular weight excluding hydrogens is 208 g/mol. The molecule has 6 nitrogen and oxygen atoms in total. The van der Waals surface area contributed by atoms with Gasteiger partial charge in [-0.1, -0.05) is 0 Å². The number of carbonyl (C=O) groups is 1. The second-order valence-electron chi connectivity index (χ2n) is 2.26. The Morgan fingerprint density at radius 3 is 2.54 bits per heavy atom. The van der Waals surface area contributed by atoms with E-state index in [1.807, 2.05) is 0 Å². The number of carbonyl (C=O) groups excluding carboxylic acids is 1. The summed E-state index contributed by atoms with van der Waals surface area (Å²) in [5.41, 5.74) is 5.03. The molecule has 0 radical (unpaired) electrons. The standard InChI is InChI=1S/C5H12NO5P.Na/c1-11-12(9,10)3-2-4(6)5(7)8;/h4H,2-3,6H2,1H3,(H,7,8)(H,9,10);/q;+1/p-1/t4-;/m0./s1. The first-order chi connectivity index (χ1) is 5.39. The van der Waals surface area contributed by atoms with Crippen LogP contribution >= 0.6 is 7.60 Å². The summed E-state index contributed by atoms with van der Waals surface area (Å²) in [5, 5.41) is 10.1. The minimum Gasteiger partial charge on any atom is -0.548 e. The van der Waals surface area contributed by atoms with Crippen LogP contribution in [0.25, 0.3) is 0 Å². The van der Waals surface area contributed by atoms with Crippen LogP contribution in [0, 0.1) is 0 Å². The van der Waals surface area contributed by atoms with E-state index in [1.54, 1.807) is 0 Å². The number of hydrogen-bond donors (Lipinski definition) is 2. The van der Waals surface area contributed by atoms with Gasteiger partial charge >= 0.3 is 37.2 Å². The van der Waals surface area contributed by atoms with E-state index in [9.17, 15) is 14.5 Å². The van der Waals surface area contributed by atoms with Crippen molar-refractivity contribution < 1.29 is 53.4 Å². The van der Waals surface area contributed by atoms with E-state index in [4.69, 9.17) is 10.6 Å². The Balaban J connectivity index is 0. The van der Waals surface area contributed by atoms with Crippen molar-refractivity contribution in [1.29, 1.82) is 0 Å². The Morgan fingerprint density at radius 2 is 2.23 bits per heavy atom. The van der Waals surface area contributed by atoms with E-state index < -0.39 is 19.6 Å². The topological polar surface area (TPSA) is 113 Å². The first-order valence-corrected chi connectivity index (χ1v) is 4.99. The fourth-order valence-corrected chi connectivity index (χ4v) is 1.30. The molecule has 0 rings (SSSR count). The zero-order valence-electron chi connectivity index (χ0n) is 7.60. The molecule has 0 saturated heterocycles. The van der Waals surface area contributed by atoms with Crippen molar-refractivity contribution in [3.05, 3.63) is 0 Å². The minimum absolute atomic E-state index is 0. The van der Waals surface area contributed by atoms with Crippen LogP contribution in [0.15, 0.2) is 0 Å². The van der Waals surface area contributed by atoms with E-state index >= 15 is 0 Å². The Morgan fingerprint density at radius 1 is 1.77 bits per heavy atom. The Labute approximate surface area is 98.3 Å². The van der Waals surface area contributed by atoms with Crippen molar-refractivity contribution in [1.82, 2.24) is 0 Å². The van der Waals surface area contributed by atoms with E-state index in [-0.39, 0.29) is 42.1 Å². The molecule has 13 heavy (non-hydrogen) atoms. The second-order valence-corrected chi connectivity index (χ2v) is 4.35. The first kappa shape index (κ1) is 16.0. The van der Waals surface area contributed by atoms with Crippen molar-refractivity contribution in [2.75, 3.05) is 13.3 Å². The first-order valence-electron chi connectivity index (χ1n) is 3.23. The van der Waals surface area contributed by atoms with Gasteiger partial charge in [0.1, 0.15) is 0 Å². The van der Waals surface area contributed by atoms with Crippen molar-refractivity contribution in [2.45, 2.75) is 12.5 Å². The summed E-state index contributed by atoms with van der Waals surface area (Å²) in [6, 6.07) is -1.22. The third kappa shape index (κ3) is 7.64. The van der Waals surface area contributed by atoms with Crippen LogP contribution in [0.3, 0.4) is 0 Å². The SMILES string of the molecule is COP(=O)(O)CC[C@H](N)C(=O)[O-].[Na+]. The average molecular weight is 219 g/mol. The number of aliphatic carboxylic acids is 1. The maximum Gasteiger partial charge on any atom is 1.00 e. The van der Waals surface area contributed by atoms with Crippen LogP contribution in [0.5, 0.6) is 0 Å². The number of rotatable bonds is 5. The van der Waals surface area contributed by atoms with Gasteiger partial charge < -0.3 is 25.1 Å². The second kappa shape index (κ2) is 6.95. The molecule has 0 bridgehead atoms. The molecule has 0 aliphatic carbocycles. The predicted molar refractivity (Wildman–Crippen MR) is 39.3 cm³/mol. The number of nitrogens with two attached hydrogens (primary N) is 1. The van der Waals surface area contributed by atoms with Gasteiger partial charge in [-0.2, -0.15) is 0 Å². The molecule has 1 unspecified atom stereocenters. The van der Waals surface area contributed by atoms with Crippen LogP contribution in [0.1, 0.15) is 6.42 Å². The molecule has 0 saturated carbocycles. The zero-order chi connectivity index (χ0) is 9.78. The van der Waals surface area contributed by atoms with E-state index in [0.717, 1.165) is 7.11 Å². The number of carboxylic acids is 1. The molecule has 0 aromatic heterocycles. The molecule has 72 valence electrons. The summed E-state index contributed by atoms with van der Waals surface area (Å²) in [7, 11) is -2.56. The Bertz CT molecular complexity index is 211. The molecule has 0 aliphatic heterocycles. The number of hydrogen-bond acceptors (Lipinski definition) is 5. The maximum atomic E-state index is 10.8. The monoisotopic (exact) mass is 219 g/mol. The third-order valence-electron chi connectivity index (χ3n) is 1.31. The van der Waals surface area contributed by atoms with E-state index in [0.29, 0.717) is 0 Å². The van der Waals surface area contributed by atoms with Crippen molar-refractivity contribution >= 4 is 13.6 Å². The van der Waals surface area contributed by atoms with Crippen LogP contribution in [0.2, 0.25) is 0 Å². The molecule has 0 fully saturated rings. The predicted octanol–water partition coefficient (Wildman–Crippen LogP) is -4.71. The maximum absolute atomic E-state index is 10.8. The van der Waals surface area contributed by atoms with Crippen molar-refractivity contribution in [3.63, 3.8) is 0 Å². The van der Waals surface area contributed by atoms with Crippen LogP contribution in [-0.4, -0.2) is 30.2 Å². The summed E-state index contributed by atoms with van der Waals surface area (Å²) in [6.07, 6.45) is -0.414. The molecule has 0 spiro atoms. The van der Waals surface area contributed by atoms with E-state index in [2.05, 4.69) is 4.52 Å². The summed E-state index contributed by atoms with van der Waals surface area (Å²) in [5.74, 6) is -1.44. The van der Waals surface area contributed by atoms with E-state index in [1.165, 1.54) is 0 Å². The summed E-state index contributed by atoms with van der Waals surface area (Å²) in [6.45, 7) is 0. The average Bonchev–Trinajstić information content (AvgIpc) is 2.00. The largest absolute Gasteiger partial charge is 1.00 e. The molecule has 0 aromatic rings. The van der Waals surface area contributed by atoms with Crippen molar-refractivity contribution in [3.8, 4) is 0 Å². The Hall–Kier alpha value is 0.580. The molecule has 0 aliphatic rings. The quantitative estimate of drug-likeness (QED) is 0.355. The zero-order valence-corrected chi connectivity index (χ0v) is 10.5. The fourth-order valence-electron chi connectivity index (χ4n) is 0.511. The molecule has 0 heterocycles. The van der Waals surface area contributed by atoms with Crippen LogP contribution in [0.4, 0.5) is 0 Å². The third-order valence-corrected chi connectivity index (χ3v) is 2.70.